The third kappa shape index (κ3) is 2.98. The minimum atomic E-state index is 0.00169. The van der Waals surface area contributed by atoms with Crippen LogP contribution in [0, 0.1) is 0 Å². The summed E-state index contributed by atoms with van der Waals surface area (Å²) >= 11 is 5.09. The van der Waals surface area contributed by atoms with Gasteiger partial charge in [-0.05, 0) is 38.2 Å². The zero-order chi connectivity index (χ0) is 13.8. The lowest BCUT2D eigenvalue weighted by molar-refractivity contribution is 0.336. The molecule has 0 radical (unpaired) electrons. The summed E-state index contributed by atoms with van der Waals surface area (Å²) in [6, 6.07) is 7.89. The molecule has 1 unspecified atom stereocenters. The van der Waals surface area contributed by atoms with Gasteiger partial charge in [-0.1, -0.05) is 12.1 Å². The van der Waals surface area contributed by atoms with Gasteiger partial charge in [0, 0.05) is 12.4 Å². The lowest BCUT2D eigenvalue weighted by Gasteiger charge is -2.12. The van der Waals surface area contributed by atoms with E-state index in [0.717, 1.165) is 22.5 Å². The molecule has 0 aliphatic heterocycles. The summed E-state index contributed by atoms with van der Waals surface area (Å²) in [6.45, 7) is 4.58. The van der Waals surface area contributed by atoms with Crippen molar-refractivity contribution >= 4 is 28.3 Å². The highest BCUT2D eigenvalue weighted by Crippen LogP contribution is 2.31. The van der Waals surface area contributed by atoms with Gasteiger partial charge in [0.1, 0.15) is 5.76 Å². The van der Waals surface area contributed by atoms with Crippen LogP contribution in [-0.2, 0) is 0 Å². The Morgan fingerprint density at radius 3 is 2.95 bits per heavy atom. The van der Waals surface area contributed by atoms with E-state index in [1.54, 1.807) is 7.05 Å². The minimum Gasteiger partial charge on any atom is -0.490 e. The first kappa shape index (κ1) is 13.7. The topological polar surface area (TPSA) is 46.4 Å². The second kappa shape index (κ2) is 5.93. The molecule has 0 aliphatic rings. The Bertz CT molecular complexity index is 580. The summed E-state index contributed by atoms with van der Waals surface area (Å²) in [5.74, 6) is 1.61. The van der Waals surface area contributed by atoms with E-state index in [-0.39, 0.29) is 6.04 Å². The van der Waals surface area contributed by atoms with Crippen LogP contribution in [0.5, 0.6) is 5.75 Å². The zero-order valence-corrected chi connectivity index (χ0v) is 12.1. The standard InChI is InChI=1S/C14H18N2O2S/c1-4-17-11-7-5-6-10-8-12(18-13(10)11)9(2)16-14(19)15-3/h5-9H,4H2,1-3H3,(H2,15,16,19). The van der Waals surface area contributed by atoms with Crippen LogP contribution in [-0.4, -0.2) is 18.8 Å². The van der Waals surface area contributed by atoms with Gasteiger partial charge in [0.15, 0.2) is 16.4 Å². The van der Waals surface area contributed by atoms with Crippen molar-refractivity contribution in [2.75, 3.05) is 13.7 Å². The molecule has 2 rings (SSSR count). The number of para-hydroxylation sites is 1. The Labute approximate surface area is 118 Å². The Morgan fingerprint density at radius 1 is 1.47 bits per heavy atom. The lowest BCUT2D eigenvalue weighted by atomic mass is 10.2. The zero-order valence-electron chi connectivity index (χ0n) is 11.3. The highest BCUT2D eigenvalue weighted by molar-refractivity contribution is 7.80. The fourth-order valence-electron chi connectivity index (χ4n) is 1.88. The molecule has 0 bridgehead atoms. The maximum atomic E-state index is 5.88. The van der Waals surface area contributed by atoms with Crippen molar-refractivity contribution in [1.29, 1.82) is 0 Å². The van der Waals surface area contributed by atoms with Gasteiger partial charge < -0.3 is 19.8 Å². The summed E-state index contributed by atoms with van der Waals surface area (Å²) in [6.07, 6.45) is 0. The fourth-order valence-corrected chi connectivity index (χ4v) is 2.06. The highest BCUT2D eigenvalue weighted by Gasteiger charge is 2.14. The van der Waals surface area contributed by atoms with Crippen molar-refractivity contribution in [3.63, 3.8) is 0 Å². The summed E-state index contributed by atoms with van der Waals surface area (Å²) in [5, 5.41) is 7.66. The average Bonchev–Trinajstić information content (AvgIpc) is 2.84. The molecule has 2 N–H and O–H groups in total. The van der Waals surface area contributed by atoms with Crippen molar-refractivity contribution in [2.45, 2.75) is 19.9 Å². The van der Waals surface area contributed by atoms with Crippen LogP contribution in [0.25, 0.3) is 11.0 Å². The molecular weight excluding hydrogens is 260 g/mol. The molecule has 0 aliphatic carbocycles. The molecule has 0 saturated carbocycles. The van der Waals surface area contributed by atoms with Crippen LogP contribution < -0.4 is 15.4 Å². The first-order chi connectivity index (χ1) is 9.15. The molecule has 1 aromatic heterocycles. The van der Waals surface area contributed by atoms with Gasteiger partial charge in [-0.15, -0.1) is 0 Å². The molecule has 102 valence electrons. The summed E-state index contributed by atoms with van der Waals surface area (Å²) in [7, 11) is 1.79. The number of furan rings is 1. The van der Waals surface area contributed by atoms with Crippen LogP contribution in [0.3, 0.4) is 0 Å². The van der Waals surface area contributed by atoms with E-state index >= 15 is 0 Å². The molecule has 0 amide bonds. The van der Waals surface area contributed by atoms with Gasteiger partial charge in [-0.25, -0.2) is 0 Å². The van der Waals surface area contributed by atoms with Crippen LogP contribution >= 0.6 is 12.2 Å². The molecule has 1 heterocycles. The number of ether oxygens (including phenoxy) is 1. The van der Waals surface area contributed by atoms with Crippen molar-refractivity contribution in [2.24, 2.45) is 0 Å². The van der Waals surface area contributed by atoms with Crippen LogP contribution in [0.2, 0.25) is 0 Å². The molecule has 1 atom stereocenters. The SMILES string of the molecule is CCOc1cccc2cc(C(C)NC(=S)NC)oc12. The predicted octanol–water partition coefficient (Wildman–Crippen LogP) is 2.99. The summed E-state index contributed by atoms with van der Waals surface area (Å²) in [4.78, 5) is 0. The number of rotatable bonds is 4. The number of benzene rings is 1. The number of fused-ring (bicyclic) bond motifs is 1. The molecular formula is C14H18N2O2S. The number of thiocarbonyl (C=S) groups is 1. The monoisotopic (exact) mass is 278 g/mol. The molecule has 0 spiro atoms. The normalized spacial score (nSPS) is 12.2. The van der Waals surface area contributed by atoms with E-state index in [0.29, 0.717) is 11.7 Å². The van der Waals surface area contributed by atoms with E-state index in [2.05, 4.69) is 10.6 Å². The maximum absolute atomic E-state index is 5.88. The van der Waals surface area contributed by atoms with E-state index in [4.69, 9.17) is 21.4 Å². The predicted molar refractivity (Wildman–Crippen MR) is 80.6 cm³/mol. The van der Waals surface area contributed by atoms with Crippen molar-refractivity contribution in [3.05, 3.63) is 30.0 Å². The molecule has 1 aromatic carbocycles. The molecule has 4 nitrogen and oxygen atoms in total. The Kier molecular flexibility index (Phi) is 4.27. The fraction of sp³-hybridized carbons (Fsp3) is 0.357. The van der Waals surface area contributed by atoms with E-state index in [1.807, 2.05) is 38.1 Å². The third-order valence-electron chi connectivity index (χ3n) is 2.83. The Hall–Kier alpha value is -1.75. The second-order valence-electron chi connectivity index (χ2n) is 4.20. The minimum absolute atomic E-state index is 0.00169. The lowest BCUT2D eigenvalue weighted by Crippen LogP contribution is -2.34. The molecule has 0 saturated heterocycles. The largest absolute Gasteiger partial charge is 0.490 e. The molecule has 19 heavy (non-hydrogen) atoms. The van der Waals surface area contributed by atoms with Gasteiger partial charge in [0.2, 0.25) is 0 Å². The van der Waals surface area contributed by atoms with Gasteiger partial charge in [-0.3, -0.25) is 0 Å². The number of hydrogen-bond acceptors (Lipinski definition) is 3. The number of hydrogen-bond donors (Lipinski definition) is 2. The Morgan fingerprint density at radius 2 is 2.26 bits per heavy atom. The molecule has 0 fully saturated rings. The first-order valence-corrected chi connectivity index (χ1v) is 6.70. The maximum Gasteiger partial charge on any atom is 0.176 e. The quantitative estimate of drug-likeness (QED) is 0.842. The van der Waals surface area contributed by atoms with Crippen molar-refractivity contribution < 1.29 is 9.15 Å². The van der Waals surface area contributed by atoms with Gasteiger partial charge in [-0.2, -0.15) is 0 Å². The summed E-state index contributed by atoms with van der Waals surface area (Å²) < 4.78 is 11.4. The van der Waals surface area contributed by atoms with E-state index in [1.165, 1.54) is 0 Å². The van der Waals surface area contributed by atoms with Gasteiger partial charge in [0.05, 0.1) is 12.6 Å². The highest BCUT2D eigenvalue weighted by atomic mass is 32.1. The van der Waals surface area contributed by atoms with Gasteiger partial charge in [0.25, 0.3) is 0 Å². The molecule has 5 heteroatoms. The van der Waals surface area contributed by atoms with Crippen LogP contribution in [0.15, 0.2) is 28.7 Å². The average molecular weight is 278 g/mol. The second-order valence-corrected chi connectivity index (χ2v) is 4.61. The third-order valence-corrected chi connectivity index (χ3v) is 3.15. The first-order valence-electron chi connectivity index (χ1n) is 6.29. The Balaban J connectivity index is 2.30. The van der Waals surface area contributed by atoms with Crippen LogP contribution in [0.1, 0.15) is 25.6 Å². The smallest absolute Gasteiger partial charge is 0.176 e. The molecule has 2 aromatic rings. The summed E-state index contributed by atoms with van der Waals surface area (Å²) in [5.41, 5.74) is 0.781. The van der Waals surface area contributed by atoms with Gasteiger partial charge >= 0.3 is 0 Å². The van der Waals surface area contributed by atoms with E-state index < -0.39 is 0 Å². The van der Waals surface area contributed by atoms with E-state index in [9.17, 15) is 0 Å². The van der Waals surface area contributed by atoms with Crippen LogP contribution in [0.4, 0.5) is 0 Å². The number of nitrogens with one attached hydrogen (secondary N) is 2. The van der Waals surface area contributed by atoms with Crippen molar-refractivity contribution in [3.8, 4) is 5.75 Å². The van der Waals surface area contributed by atoms with Crippen molar-refractivity contribution in [1.82, 2.24) is 10.6 Å².